The van der Waals surface area contributed by atoms with Gasteiger partial charge in [-0.1, -0.05) is 357 Å². The molecular formula is C79H154O17P2. The van der Waals surface area contributed by atoms with E-state index in [9.17, 15) is 43.2 Å². The van der Waals surface area contributed by atoms with Crippen molar-refractivity contribution >= 4 is 39.5 Å². The minimum absolute atomic E-state index is 0.106. The summed E-state index contributed by atoms with van der Waals surface area (Å²) < 4.78 is 68.5. The third-order valence-corrected chi connectivity index (χ3v) is 20.3. The third-order valence-electron chi connectivity index (χ3n) is 18.4. The molecule has 0 fully saturated rings. The van der Waals surface area contributed by atoms with Crippen LogP contribution in [0.25, 0.3) is 0 Å². The third kappa shape index (κ3) is 72.4. The highest BCUT2D eigenvalue weighted by Crippen LogP contribution is 2.45. The SMILES string of the molecule is CCCCCCCCCC(=O)OC[C@H](COP(=O)(O)OC[C@H](O)COP(=O)(O)OC[C@@H](COC(=O)CCCCCCCCCCCCCCCCC(C)C)OC(=O)CCCCCCCCCCCCCCCCCCCCC(C)C)OC(=O)CCCCCCCCCCCCC(C)C. The van der Waals surface area contributed by atoms with Crippen LogP contribution in [0.1, 0.15) is 408 Å². The van der Waals surface area contributed by atoms with Crippen molar-refractivity contribution < 1.29 is 80.2 Å². The summed E-state index contributed by atoms with van der Waals surface area (Å²) in [6.45, 7) is 11.9. The van der Waals surface area contributed by atoms with Crippen LogP contribution in [0, 0.1) is 17.8 Å². The monoisotopic (exact) mass is 1440 g/mol. The first-order valence-electron chi connectivity index (χ1n) is 40.8. The molecule has 0 amide bonds. The maximum atomic E-state index is 13.1. The van der Waals surface area contributed by atoms with Gasteiger partial charge in [0.15, 0.2) is 12.2 Å². The Hall–Kier alpha value is -1.94. The van der Waals surface area contributed by atoms with Gasteiger partial charge in [-0.15, -0.1) is 0 Å². The fraction of sp³-hybridized carbons (Fsp3) is 0.949. The second kappa shape index (κ2) is 69.4. The summed E-state index contributed by atoms with van der Waals surface area (Å²) in [6, 6.07) is 0. The van der Waals surface area contributed by atoms with Crippen molar-refractivity contribution in [3.8, 4) is 0 Å². The summed E-state index contributed by atoms with van der Waals surface area (Å²) in [4.78, 5) is 72.8. The van der Waals surface area contributed by atoms with E-state index in [2.05, 4.69) is 48.5 Å². The van der Waals surface area contributed by atoms with Crippen molar-refractivity contribution in [3.05, 3.63) is 0 Å². The Balaban J connectivity index is 5.17. The maximum Gasteiger partial charge on any atom is 0.472 e. The number of aliphatic hydroxyl groups excluding tert-OH is 1. The topological polar surface area (TPSA) is 237 Å². The van der Waals surface area contributed by atoms with E-state index in [-0.39, 0.29) is 25.7 Å². The predicted molar refractivity (Wildman–Crippen MR) is 400 cm³/mol. The standard InChI is InChI=1S/C79H154O17P2/c1-8-9-10-11-36-46-53-60-76(81)89-66-74(95-79(84)63-56-49-42-35-29-28-32-39-45-52-59-72(6)7)68-93-97(85,86)91-64-73(80)65-92-98(87,88)94-69-75(67-90-77(82)61-54-47-40-33-26-22-19-18-21-25-31-38-44-51-58-71(4)5)96-78(83)62-55-48-41-34-27-23-17-15-13-12-14-16-20-24-30-37-43-50-57-70(2)3/h70-75,80H,8-69H2,1-7H3,(H,85,86)(H,87,88)/t73-,74+,75+/m0/s1. The van der Waals surface area contributed by atoms with Gasteiger partial charge in [0.25, 0.3) is 0 Å². The minimum atomic E-state index is -4.96. The van der Waals surface area contributed by atoms with Gasteiger partial charge in [0.1, 0.15) is 19.3 Å². The van der Waals surface area contributed by atoms with Gasteiger partial charge in [0, 0.05) is 25.7 Å². The number of aliphatic hydroxyl groups is 1. The number of unbranched alkanes of at least 4 members (excludes halogenated alkanes) is 45. The van der Waals surface area contributed by atoms with E-state index in [1.165, 1.54) is 205 Å². The normalized spacial score (nSPS) is 14.0. The fourth-order valence-corrected chi connectivity index (χ4v) is 13.7. The van der Waals surface area contributed by atoms with Gasteiger partial charge in [-0.05, 0) is 43.4 Å². The van der Waals surface area contributed by atoms with Crippen LogP contribution >= 0.6 is 15.6 Å². The van der Waals surface area contributed by atoms with Gasteiger partial charge in [0.05, 0.1) is 26.4 Å². The van der Waals surface area contributed by atoms with Crippen molar-refractivity contribution in [2.75, 3.05) is 39.6 Å². The number of hydrogen-bond acceptors (Lipinski definition) is 15. The quantitative estimate of drug-likeness (QED) is 0.0222. The molecule has 98 heavy (non-hydrogen) atoms. The van der Waals surface area contributed by atoms with Crippen molar-refractivity contribution in [3.63, 3.8) is 0 Å². The zero-order chi connectivity index (χ0) is 72.3. The van der Waals surface area contributed by atoms with Crippen molar-refractivity contribution in [1.82, 2.24) is 0 Å². The Morgan fingerprint density at radius 2 is 0.469 bits per heavy atom. The van der Waals surface area contributed by atoms with Gasteiger partial charge in [-0.25, -0.2) is 9.13 Å². The lowest BCUT2D eigenvalue weighted by atomic mass is 10.0. The van der Waals surface area contributed by atoms with Crippen LogP contribution in [0.15, 0.2) is 0 Å². The summed E-state index contributed by atoms with van der Waals surface area (Å²) in [6.07, 6.45) is 57.1. The minimum Gasteiger partial charge on any atom is -0.462 e. The number of ether oxygens (including phenoxy) is 4. The van der Waals surface area contributed by atoms with Crippen LogP contribution in [0.2, 0.25) is 0 Å². The zero-order valence-electron chi connectivity index (χ0n) is 64.3. The van der Waals surface area contributed by atoms with Crippen LogP contribution in [0.3, 0.4) is 0 Å². The molecular weight excluding hydrogens is 1280 g/mol. The largest absolute Gasteiger partial charge is 0.472 e. The van der Waals surface area contributed by atoms with Gasteiger partial charge in [-0.3, -0.25) is 37.3 Å². The highest BCUT2D eigenvalue weighted by atomic mass is 31.2. The Kier molecular flexibility index (Phi) is 68.1. The first kappa shape index (κ1) is 96.1. The molecule has 17 nitrogen and oxygen atoms in total. The van der Waals surface area contributed by atoms with Gasteiger partial charge >= 0.3 is 39.5 Å². The Morgan fingerprint density at radius 3 is 0.694 bits per heavy atom. The van der Waals surface area contributed by atoms with Crippen LogP contribution in [0.4, 0.5) is 0 Å². The van der Waals surface area contributed by atoms with E-state index in [0.717, 1.165) is 120 Å². The second-order valence-corrected chi connectivity index (χ2v) is 32.8. The molecule has 5 atom stereocenters. The van der Waals surface area contributed by atoms with Crippen molar-refractivity contribution in [2.24, 2.45) is 17.8 Å². The van der Waals surface area contributed by atoms with Crippen LogP contribution in [-0.4, -0.2) is 96.7 Å². The number of hydrogen-bond donors (Lipinski definition) is 3. The molecule has 0 radical (unpaired) electrons. The number of esters is 4. The van der Waals surface area contributed by atoms with Crippen LogP contribution in [0.5, 0.6) is 0 Å². The molecule has 0 bridgehead atoms. The molecule has 0 aromatic carbocycles. The molecule has 19 heteroatoms. The Bertz CT molecular complexity index is 1900. The molecule has 0 saturated carbocycles. The van der Waals surface area contributed by atoms with Crippen molar-refractivity contribution in [1.29, 1.82) is 0 Å². The highest BCUT2D eigenvalue weighted by molar-refractivity contribution is 7.47. The van der Waals surface area contributed by atoms with E-state index >= 15 is 0 Å². The summed E-state index contributed by atoms with van der Waals surface area (Å²) >= 11 is 0. The Morgan fingerprint density at radius 1 is 0.276 bits per heavy atom. The number of phosphoric acid groups is 2. The molecule has 2 unspecified atom stereocenters. The molecule has 0 aliphatic rings. The molecule has 0 aromatic heterocycles. The van der Waals surface area contributed by atoms with Gasteiger partial charge in [0.2, 0.25) is 0 Å². The molecule has 0 aromatic rings. The van der Waals surface area contributed by atoms with Crippen molar-refractivity contribution in [2.45, 2.75) is 426 Å². The van der Waals surface area contributed by atoms with Gasteiger partial charge in [-0.2, -0.15) is 0 Å². The molecule has 3 N–H and O–H groups in total. The van der Waals surface area contributed by atoms with Crippen LogP contribution in [-0.2, 0) is 65.4 Å². The number of rotatable bonds is 77. The summed E-state index contributed by atoms with van der Waals surface area (Å²) in [5.74, 6) is 0.253. The highest BCUT2D eigenvalue weighted by Gasteiger charge is 2.30. The average Bonchev–Trinajstić information content (AvgIpc) is 0.975. The average molecular weight is 1440 g/mol. The van der Waals surface area contributed by atoms with Gasteiger partial charge < -0.3 is 33.8 Å². The van der Waals surface area contributed by atoms with E-state index in [1.54, 1.807) is 0 Å². The second-order valence-electron chi connectivity index (χ2n) is 29.9. The summed E-state index contributed by atoms with van der Waals surface area (Å²) in [5.41, 5.74) is 0. The summed E-state index contributed by atoms with van der Waals surface area (Å²) in [5, 5.41) is 10.6. The zero-order valence-corrected chi connectivity index (χ0v) is 66.0. The smallest absolute Gasteiger partial charge is 0.462 e. The number of carbonyl (C=O) groups excluding carboxylic acids is 4. The molecule has 0 aliphatic heterocycles. The number of phosphoric ester groups is 2. The lowest BCUT2D eigenvalue weighted by Gasteiger charge is -2.21. The van der Waals surface area contributed by atoms with E-state index in [4.69, 9.17) is 37.0 Å². The molecule has 0 rings (SSSR count). The Labute approximate surface area is 600 Å². The molecule has 0 aliphatic carbocycles. The fourth-order valence-electron chi connectivity index (χ4n) is 12.1. The molecule has 0 saturated heterocycles. The van der Waals surface area contributed by atoms with E-state index < -0.39 is 97.5 Å². The molecule has 582 valence electrons. The first-order chi connectivity index (χ1) is 47.2. The molecule has 0 spiro atoms. The number of carbonyl (C=O) groups is 4. The van der Waals surface area contributed by atoms with E-state index in [1.807, 2.05) is 0 Å². The lowest BCUT2D eigenvalue weighted by molar-refractivity contribution is -0.161. The summed E-state index contributed by atoms with van der Waals surface area (Å²) in [7, 11) is -9.91. The first-order valence-corrected chi connectivity index (χ1v) is 43.8. The predicted octanol–water partition coefficient (Wildman–Crippen LogP) is 23.4. The molecule has 0 heterocycles. The maximum absolute atomic E-state index is 13.1. The van der Waals surface area contributed by atoms with Crippen LogP contribution < -0.4 is 0 Å². The lowest BCUT2D eigenvalue weighted by Crippen LogP contribution is -2.30. The van der Waals surface area contributed by atoms with E-state index in [0.29, 0.717) is 25.7 Å².